The van der Waals surface area contributed by atoms with Gasteiger partial charge >= 0.3 is 0 Å². The third kappa shape index (κ3) is 2.07. The van der Waals surface area contributed by atoms with E-state index in [2.05, 4.69) is 33.2 Å². The van der Waals surface area contributed by atoms with E-state index in [-0.39, 0.29) is 5.84 Å². The lowest BCUT2D eigenvalue weighted by Gasteiger charge is -2.32. The molecule has 0 spiro atoms. The summed E-state index contributed by atoms with van der Waals surface area (Å²) >= 11 is 0. The predicted molar refractivity (Wildman–Crippen MR) is 78.5 cm³/mol. The van der Waals surface area contributed by atoms with Gasteiger partial charge in [0.2, 0.25) is 0 Å². The molecular formula is C15H16N4O. The number of aromatic nitrogens is 1. The summed E-state index contributed by atoms with van der Waals surface area (Å²) in [6, 6.07) is 12.1. The molecule has 5 nitrogen and oxygen atoms in total. The third-order valence-electron chi connectivity index (χ3n) is 3.54. The maximum Gasteiger partial charge on any atom is 0.190 e. The minimum atomic E-state index is 0.0312. The molecule has 0 bridgehead atoms. The summed E-state index contributed by atoms with van der Waals surface area (Å²) in [5.41, 5.74) is 9.59. The number of hydrogen-bond donors (Lipinski definition) is 2. The summed E-state index contributed by atoms with van der Waals surface area (Å²) in [6.07, 6.45) is 3.79. The average Bonchev–Trinajstić information content (AvgIpc) is 2.53. The normalized spacial score (nSPS) is 15.0. The maximum atomic E-state index is 8.91. The zero-order valence-electron chi connectivity index (χ0n) is 11.0. The summed E-state index contributed by atoms with van der Waals surface area (Å²) in [5, 5.41) is 12.0. The molecule has 0 amide bonds. The largest absolute Gasteiger partial charge is 0.409 e. The number of rotatable bonds is 2. The van der Waals surface area contributed by atoms with Crippen LogP contribution in [0, 0.1) is 0 Å². The van der Waals surface area contributed by atoms with E-state index in [0.717, 1.165) is 25.1 Å². The highest BCUT2D eigenvalue weighted by Gasteiger charge is 2.21. The van der Waals surface area contributed by atoms with Crippen LogP contribution < -0.4 is 10.6 Å². The van der Waals surface area contributed by atoms with Crippen LogP contribution in [0.25, 0.3) is 0 Å². The van der Waals surface area contributed by atoms with Crippen molar-refractivity contribution in [3.05, 3.63) is 53.9 Å². The van der Waals surface area contributed by atoms with Gasteiger partial charge in [0, 0.05) is 18.4 Å². The van der Waals surface area contributed by atoms with Gasteiger partial charge in [0.25, 0.3) is 0 Å². The first-order chi connectivity index (χ1) is 9.81. The molecule has 3 N–H and O–H groups in total. The highest BCUT2D eigenvalue weighted by atomic mass is 16.4. The molecule has 3 rings (SSSR count). The Labute approximate surface area is 117 Å². The van der Waals surface area contributed by atoms with Gasteiger partial charge in [-0.15, -0.1) is 0 Å². The Morgan fingerprint density at radius 1 is 1.20 bits per heavy atom. The van der Waals surface area contributed by atoms with Crippen molar-refractivity contribution in [3.63, 3.8) is 0 Å². The van der Waals surface area contributed by atoms with Crippen LogP contribution in [0.3, 0.4) is 0 Å². The van der Waals surface area contributed by atoms with Gasteiger partial charge in [0.05, 0.1) is 5.69 Å². The molecule has 0 fully saturated rings. The molecule has 0 saturated carbocycles. The number of amidine groups is 1. The average molecular weight is 268 g/mol. The van der Waals surface area contributed by atoms with E-state index in [1.807, 2.05) is 18.2 Å². The SMILES string of the molecule is N/C(=N/O)c1ncccc1N1CCCc2ccccc21. The summed E-state index contributed by atoms with van der Waals surface area (Å²) in [4.78, 5) is 6.42. The smallest absolute Gasteiger partial charge is 0.190 e. The summed E-state index contributed by atoms with van der Waals surface area (Å²) in [6.45, 7) is 0.897. The molecule has 1 aliphatic heterocycles. The zero-order valence-corrected chi connectivity index (χ0v) is 11.0. The number of oxime groups is 1. The number of para-hydroxylation sites is 1. The fraction of sp³-hybridized carbons (Fsp3) is 0.200. The number of fused-ring (bicyclic) bond motifs is 1. The van der Waals surface area contributed by atoms with Crippen LogP contribution in [0.4, 0.5) is 11.4 Å². The summed E-state index contributed by atoms with van der Waals surface area (Å²) in [5.74, 6) is 0.0312. The van der Waals surface area contributed by atoms with Crippen molar-refractivity contribution in [1.29, 1.82) is 0 Å². The van der Waals surface area contributed by atoms with Crippen LogP contribution >= 0.6 is 0 Å². The van der Waals surface area contributed by atoms with Gasteiger partial charge in [-0.05, 0) is 36.6 Å². The minimum absolute atomic E-state index is 0.0312. The second-order valence-electron chi connectivity index (χ2n) is 4.74. The third-order valence-corrected chi connectivity index (χ3v) is 3.54. The lowest BCUT2D eigenvalue weighted by Crippen LogP contribution is -2.28. The molecule has 2 heterocycles. The molecule has 102 valence electrons. The van der Waals surface area contributed by atoms with Crippen LogP contribution in [-0.4, -0.2) is 22.6 Å². The minimum Gasteiger partial charge on any atom is -0.409 e. The molecule has 0 saturated heterocycles. The van der Waals surface area contributed by atoms with E-state index in [1.54, 1.807) is 6.20 Å². The van der Waals surface area contributed by atoms with Crippen LogP contribution in [-0.2, 0) is 6.42 Å². The van der Waals surface area contributed by atoms with Crippen LogP contribution in [0.1, 0.15) is 17.7 Å². The standard InChI is InChI=1S/C15H16N4O/c16-15(18-20)14-13(8-3-9-17-14)19-10-4-6-11-5-1-2-7-12(11)19/h1-3,5,7-9,20H,4,6,10H2,(H2,16,18). The molecule has 1 aromatic heterocycles. The molecule has 1 aliphatic rings. The molecule has 5 heteroatoms. The Hall–Kier alpha value is -2.56. The first-order valence-corrected chi connectivity index (χ1v) is 6.59. The topological polar surface area (TPSA) is 74.7 Å². The lowest BCUT2D eigenvalue weighted by atomic mass is 10.0. The van der Waals surface area contributed by atoms with Crippen LogP contribution in [0.5, 0.6) is 0 Å². The van der Waals surface area contributed by atoms with Crippen molar-refractivity contribution in [2.45, 2.75) is 12.8 Å². The van der Waals surface area contributed by atoms with E-state index < -0.39 is 0 Å². The molecule has 0 unspecified atom stereocenters. The van der Waals surface area contributed by atoms with Gasteiger partial charge < -0.3 is 15.8 Å². The van der Waals surface area contributed by atoms with E-state index in [4.69, 9.17) is 10.9 Å². The van der Waals surface area contributed by atoms with Crippen molar-refractivity contribution in [1.82, 2.24) is 4.98 Å². The fourth-order valence-corrected chi connectivity index (χ4v) is 2.64. The molecule has 2 aromatic rings. The van der Waals surface area contributed by atoms with Crippen LogP contribution in [0.15, 0.2) is 47.8 Å². The van der Waals surface area contributed by atoms with Gasteiger partial charge in [-0.2, -0.15) is 0 Å². The Bertz CT molecular complexity index is 654. The second kappa shape index (κ2) is 5.21. The molecule has 0 radical (unpaired) electrons. The quantitative estimate of drug-likeness (QED) is 0.379. The Morgan fingerprint density at radius 3 is 2.85 bits per heavy atom. The summed E-state index contributed by atoms with van der Waals surface area (Å²) in [7, 11) is 0. The number of pyridine rings is 1. The van der Waals surface area contributed by atoms with E-state index in [1.165, 1.54) is 11.3 Å². The maximum absolute atomic E-state index is 8.91. The first kappa shape index (κ1) is 12.5. The predicted octanol–water partition coefficient (Wildman–Crippen LogP) is 2.26. The highest BCUT2D eigenvalue weighted by Crippen LogP contribution is 2.34. The van der Waals surface area contributed by atoms with Gasteiger partial charge in [-0.1, -0.05) is 23.4 Å². The fourth-order valence-electron chi connectivity index (χ4n) is 2.64. The van der Waals surface area contributed by atoms with Crippen molar-refractivity contribution < 1.29 is 5.21 Å². The lowest BCUT2D eigenvalue weighted by molar-refractivity contribution is 0.318. The Balaban J connectivity index is 2.12. The zero-order chi connectivity index (χ0) is 13.9. The number of benzene rings is 1. The molecule has 20 heavy (non-hydrogen) atoms. The van der Waals surface area contributed by atoms with Crippen molar-refractivity contribution >= 4 is 17.2 Å². The molecule has 0 aliphatic carbocycles. The molecular weight excluding hydrogens is 252 g/mol. The number of aryl methyl sites for hydroxylation is 1. The molecule has 0 atom stereocenters. The number of hydrogen-bond acceptors (Lipinski definition) is 4. The van der Waals surface area contributed by atoms with Gasteiger partial charge in [0.15, 0.2) is 5.84 Å². The Kier molecular flexibility index (Phi) is 3.25. The summed E-state index contributed by atoms with van der Waals surface area (Å²) < 4.78 is 0. The number of anilines is 2. The number of nitrogens with two attached hydrogens (primary N) is 1. The van der Waals surface area contributed by atoms with E-state index in [0.29, 0.717) is 5.69 Å². The van der Waals surface area contributed by atoms with Crippen molar-refractivity contribution in [2.75, 3.05) is 11.4 Å². The second-order valence-corrected chi connectivity index (χ2v) is 4.74. The van der Waals surface area contributed by atoms with E-state index in [9.17, 15) is 0 Å². The van der Waals surface area contributed by atoms with Crippen molar-refractivity contribution in [2.24, 2.45) is 10.9 Å². The van der Waals surface area contributed by atoms with Gasteiger partial charge in [-0.25, -0.2) is 0 Å². The highest BCUT2D eigenvalue weighted by molar-refractivity contribution is 6.01. The van der Waals surface area contributed by atoms with Crippen LogP contribution in [0.2, 0.25) is 0 Å². The van der Waals surface area contributed by atoms with Gasteiger partial charge in [0.1, 0.15) is 5.69 Å². The van der Waals surface area contributed by atoms with Gasteiger partial charge in [-0.3, -0.25) is 4.98 Å². The molecule has 1 aromatic carbocycles. The van der Waals surface area contributed by atoms with Crippen molar-refractivity contribution in [3.8, 4) is 0 Å². The Morgan fingerprint density at radius 2 is 2.00 bits per heavy atom. The number of nitrogens with zero attached hydrogens (tertiary/aromatic N) is 3. The monoisotopic (exact) mass is 268 g/mol. The first-order valence-electron chi connectivity index (χ1n) is 6.59. The van der Waals surface area contributed by atoms with E-state index >= 15 is 0 Å².